The summed E-state index contributed by atoms with van der Waals surface area (Å²) >= 11 is 0. The Labute approximate surface area is 74.3 Å². The number of rotatable bonds is 1. The van der Waals surface area contributed by atoms with Crippen LogP contribution in [0.15, 0.2) is 34.9 Å². The van der Waals surface area contributed by atoms with Crippen LogP contribution in [0.3, 0.4) is 0 Å². The summed E-state index contributed by atoms with van der Waals surface area (Å²) in [4.78, 5) is 10.6. The SMILES string of the molecule is NC(=O)Nc1coc2ccccc12. The number of nitrogens with two attached hydrogens (primary N) is 1. The summed E-state index contributed by atoms with van der Waals surface area (Å²) in [5.41, 5.74) is 6.31. The average Bonchev–Trinajstić information content (AvgIpc) is 2.48. The van der Waals surface area contributed by atoms with Crippen LogP contribution in [0.1, 0.15) is 0 Å². The van der Waals surface area contributed by atoms with Gasteiger partial charge in [0.05, 0.1) is 5.69 Å². The largest absolute Gasteiger partial charge is 0.462 e. The molecule has 0 atom stereocenters. The van der Waals surface area contributed by atoms with Crippen LogP contribution in [0.2, 0.25) is 0 Å². The lowest BCUT2D eigenvalue weighted by atomic mass is 10.2. The third-order valence-electron chi connectivity index (χ3n) is 1.74. The van der Waals surface area contributed by atoms with Gasteiger partial charge in [0.15, 0.2) is 0 Å². The molecule has 3 N–H and O–H groups in total. The lowest BCUT2D eigenvalue weighted by Crippen LogP contribution is -2.18. The Morgan fingerprint density at radius 3 is 2.92 bits per heavy atom. The van der Waals surface area contributed by atoms with Crippen LogP contribution in [0.4, 0.5) is 10.5 Å². The predicted molar refractivity (Wildman–Crippen MR) is 49.4 cm³/mol. The highest BCUT2D eigenvalue weighted by molar-refractivity contribution is 5.99. The zero-order valence-corrected chi connectivity index (χ0v) is 6.78. The van der Waals surface area contributed by atoms with Gasteiger partial charge in [-0.2, -0.15) is 0 Å². The molecule has 0 radical (unpaired) electrons. The second kappa shape index (κ2) is 2.82. The number of benzene rings is 1. The molecule has 2 rings (SSSR count). The number of hydrogen-bond acceptors (Lipinski definition) is 2. The molecule has 0 aliphatic carbocycles. The molecule has 0 aliphatic heterocycles. The molecule has 66 valence electrons. The second-order valence-corrected chi connectivity index (χ2v) is 2.63. The molecule has 0 fully saturated rings. The molecule has 0 unspecified atom stereocenters. The molecule has 4 heteroatoms. The van der Waals surface area contributed by atoms with E-state index in [1.807, 2.05) is 24.3 Å². The number of carbonyl (C=O) groups is 1. The van der Waals surface area contributed by atoms with Gasteiger partial charge < -0.3 is 15.5 Å². The van der Waals surface area contributed by atoms with Gasteiger partial charge in [0.1, 0.15) is 11.8 Å². The topological polar surface area (TPSA) is 68.3 Å². The van der Waals surface area contributed by atoms with E-state index >= 15 is 0 Å². The molecule has 1 aromatic heterocycles. The van der Waals surface area contributed by atoms with Crippen molar-refractivity contribution in [3.8, 4) is 0 Å². The van der Waals surface area contributed by atoms with Crippen LogP contribution in [0.5, 0.6) is 0 Å². The lowest BCUT2D eigenvalue weighted by Gasteiger charge is -1.95. The van der Waals surface area contributed by atoms with Crippen LogP contribution in [0, 0.1) is 0 Å². The van der Waals surface area contributed by atoms with Gasteiger partial charge in [-0.25, -0.2) is 4.79 Å². The Kier molecular flexibility index (Phi) is 1.66. The minimum Gasteiger partial charge on any atom is -0.462 e. The van der Waals surface area contributed by atoms with Gasteiger partial charge in [0.2, 0.25) is 0 Å². The van der Waals surface area contributed by atoms with Gasteiger partial charge in [-0.3, -0.25) is 0 Å². The summed E-state index contributed by atoms with van der Waals surface area (Å²) < 4.78 is 5.18. The smallest absolute Gasteiger partial charge is 0.316 e. The third-order valence-corrected chi connectivity index (χ3v) is 1.74. The summed E-state index contributed by atoms with van der Waals surface area (Å²) in [6.07, 6.45) is 1.47. The Balaban J connectivity index is 2.51. The van der Waals surface area contributed by atoms with Crippen LogP contribution in [-0.4, -0.2) is 6.03 Å². The first-order valence-corrected chi connectivity index (χ1v) is 3.80. The first-order chi connectivity index (χ1) is 6.27. The number of para-hydroxylation sites is 1. The first kappa shape index (κ1) is 7.67. The van der Waals surface area contributed by atoms with E-state index in [0.29, 0.717) is 5.69 Å². The molecule has 0 spiro atoms. The average molecular weight is 176 g/mol. The Morgan fingerprint density at radius 2 is 2.15 bits per heavy atom. The molecular weight excluding hydrogens is 168 g/mol. The van der Waals surface area contributed by atoms with Gasteiger partial charge in [-0.15, -0.1) is 0 Å². The Morgan fingerprint density at radius 1 is 1.38 bits per heavy atom. The van der Waals surface area contributed by atoms with E-state index in [4.69, 9.17) is 10.2 Å². The highest BCUT2D eigenvalue weighted by Gasteiger charge is 2.05. The maximum Gasteiger partial charge on any atom is 0.316 e. The third kappa shape index (κ3) is 1.33. The van der Waals surface area contributed by atoms with E-state index in [1.54, 1.807) is 0 Å². The first-order valence-electron chi connectivity index (χ1n) is 3.80. The highest BCUT2D eigenvalue weighted by atomic mass is 16.3. The van der Waals surface area contributed by atoms with Crippen molar-refractivity contribution in [2.24, 2.45) is 5.73 Å². The van der Waals surface area contributed by atoms with Gasteiger partial charge in [0, 0.05) is 5.39 Å². The quantitative estimate of drug-likeness (QED) is 0.696. The summed E-state index contributed by atoms with van der Waals surface area (Å²) in [6, 6.07) is 6.81. The van der Waals surface area contributed by atoms with Crippen LogP contribution in [0.25, 0.3) is 11.0 Å². The van der Waals surface area contributed by atoms with E-state index in [-0.39, 0.29) is 0 Å². The fourth-order valence-corrected chi connectivity index (χ4v) is 1.21. The molecule has 13 heavy (non-hydrogen) atoms. The summed E-state index contributed by atoms with van der Waals surface area (Å²) in [5.74, 6) is 0. The monoisotopic (exact) mass is 176 g/mol. The van der Waals surface area contributed by atoms with Crippen molar-refractivity contribution in [1.82, 2.24) is 0 Å². The van der Waals surface area contributed by atoms with E-state index < -0.39 is 6.03 Å². The standard InChI is InChI=1S/C9H8N2O2/c10-9(12)11-7-5-13-8-4-2-1-3-6(7)8/h1-5H,(H3,10,11,12). The number of anilines is 1. The molecule has 1 aromatic carbocycles. The van der Waals surface area contributed by atoms with Gasteiger partial charge in [-0.05, 0) is 12.1 Å². The van der Waals surface area contributed by atoms with Crippen molar-refractivity contribution in [1.29, 1.82) is 0 Å². The van der Waals surface area contributed by atoms with Crippen molar-refractivity contribution in [2.75, 3.05) is 5.32 Å². The van der Waals surface area contributed by atoms with E-state index in [9.17, 15) is 4.79 Å². The summed E-state index contributed by atoms with van der Waals surface area (Å²) in [6.45, 7) is 0. The van der Waals surface area contributed by atoms with Crippen molar-refractivity contribution in [3.63, 3.8) is 0 Å². The minimum absolute atomic E-state index is 0.591. The Bertz CT molecular complexity index is 448. The van der Waals surface area contributed by atoms with E-state index in [2.05, 4.69) is 5.32 Å². The zero-order valence-electron chi connectivity index (χ0n) is 6.78. The zero-order chi connectivity index (χ0) is 9.26. The highest BCUT2D eigenvalue weighted by Crippen LogP contribution is 2.24. The van der Waals surface area contributed by atoms with Crippen molar-refractivity contribution >= 4 is 22.7 Å². The molecule has 1 heterocycles. The number of furan rings is 1. The fourth-order valence-electron chi connectivity index (χ4n) is 1.21. The molecular formula is C9H8N2O2. The number of primary amides is 1. The number of nitrogens with one attached hydrogen (secondary N) is 1. The fraction of sp³-hybridized carbons (Fsp3) is 0. The predicted octanol–water partition coefficient (Wildman–Crippen LogP) is 1.92. The number of amides is 2. The lowest BCUT2D eigenvalue weighted by molar-refractivity contribution is 0.259. The van der Waals surface area contributed by atoms with Crippen molar-refractivity contribution in [2.45, 2.75) is 0 Å². The van der Waals surface area contributed by atoms with Crippen molar-refractivity contribution in [3.05, 3.63) is 30.5 Å². The van der Waals surface area contributed by atoms with Crippen LogP contribution in [-0.2, 0) is 0 Å². The molecule has 2 amide bonds. The molecule has 0 aliphatic rings. The molecule has 0 saturated carbocycles. The second-order valence-electron chi connectivity index (χ2n) is 2.63. The van der Waals surface area contributed by atoms with Gasteiger partial charge >= 0.3 is 6.03 Å². The number of fused-ring (bicyclic) bond motifs is 1. The molecule has 0 saturated heterocycles. The number of carbonyl (C=O) groups excluding carboxylic acids is 1. The molecule has 2 aromatic rings. The molecule has 4 nitrogen and oxygen atoms in total. The Hall–Kier alpha value is -1.97. The number of hydrogen-bond donors (Lipinski definition) is 2. The maximum atomic E-state index is 10.6. The summed E-state index contributed by atoms with van der Waals surface area (Å²) in [5, 5.41) is 3.32. The summed E-state index contributed by atoms with van der Waals surface area (Å²) in [7, 11) is 0. The van der Waals surface area contributed by atoms with Crippen LogP contribution < -0.4 is 11.1 Å². The van der Waals surface area contributed by atoms with E-state index in [1.165, 1.54) is 6.26 Å². The molecule has 0 bridgehead atoms. The van der Waals surface area contributed by atoms with Crippen LogP contribution >= 0.6 is 0 Å². The van der Waals surface area contributed by atoms with Gasteiger partial charge in [0.25, 0.3) is 0 Å². The number of urea groups is 1. The maximum absolute atomic E-state index is 10.6. The minimum atomic E-state index is -0.591. The van der Waals surface area contributed by atoms with Crippen molar-refractivity contribution < 1.29 is 9.21 Å². The van der Waals surface area contributed by atoms with Gasteiger partial charge in [-0.1, -0.05) is 12.1 Å². The normalized spacial score (nSPS) is 10.2. The van der Waals surface area contributed by atoms with E-state index in [0.717, 1.165) is 11.0 Å².